The molecule has 0 aliphatic carbocycles. The molecule has 0 saturated carbocycles. The number of aryl methyl sites for hydroxylation is 1. The van der Waals surface area contributed by atoms with Crippen LogP contribution in [0.3, 0.4) is 0 Å². The second-order valence-electron chi connectivity index (χ2n) is 6.93. The summed E-state index contributed by atoms with van der Waals surface area (Å²) in [6, 6.07) is 0. The zero-order chi connectivity index (χ0) is 18.1. The lowest BCUT2D eigenvalue weighted by Gasteiger charge is -2.40. The van der Waals surface area contributed by atoms with Crippen molar-refractivity contribution in [3.05, 3.63) is 32.6 Å². The largest absolute Gasteiger partial charge is 0.394 e. The first-order valence-corrected chi connectivity index (χ1v) is 11.5. The lowest BCUT2D eigenvalue weighted by Crippen LogP contribution is -2.56. The normalized spacial score (nSPS) is 30.2. The Morgan fingerprint density at radius 1 is 1.42 bits per heavy atom. The van der Waals surface area contributed by atoms with E-state index >= 15 is 0 Å². The molecule has 0 bridgehead atoms. The van der Waals surface area contributed by atoms with E-state index in [-0.39, 0.29) is 12.5 Å². The van der Waals surface area contributed by atoms with Crippen LogP contribution in [-0.4, -0.2) is 47.4 Å². The summed E-state index contributed by atoms with van der Waals surface area (Å²) >= 11 is 0. The molecule has 24 heavy (non-hydrogen) atoms. The molecule has 0 aromatic carbocycles. The summed E-state index contributed by atoms with van der Waals surface area (Å²) in [5.74, 6) is -0.288. The molecule has 0 amide bonds. The maximum atomic E-state index is 12.5. The molecular weight excluding hydrogens is 328 g/mol. The van der Waals surface area contributed by atoms with Crippen molar-refractivity contribution in [3.8, 4) is 0 Å². The number of rotatable bonds is 6. The topological polar surface area (TPSA) is 105 Å². The summed E-state index contributed by atoms with van der Waals surface area (Å²) in [5, 5.41) is 19.3. The smallest absolute Gasteiger partial charge is 0.330 e. The van der Waals surface area contributed by atoms with Gasteiger partial charge in [0.25, 0.3) is 5.56 Å². The molecule has 1 fully saturated rings. The fourth-order valence-corrected chi connectivity index (χ4v) is 6.17. The minimum Gasteiger partial charge on any atom is -0.394 e. The molecule has 0 spiro atoms. The summed E-state index contributed by atoms with van der Waals surface area (Å²) in [6.07, 6.45) is 2.52. The van der Waals surface area contributed by atoms with Gasteiger partial charge in [-0.05, 0) is 13.3 Å². The van der Waals surface area contributed by atoms with E-state index in [4.69, 9.17) is 4.74 Å². The lowest BCUT2D eigenvalue weighted by atomic mass is 9.93. The summed E-state index contributed by atoms with van der Waals surface area (Å²) in [5.41, 5.74) is -0.526. The summed E-state index contributed by atoms with van der Waals surface area (Å²) in [4.78, 5) is 26.6. The molecule has 7 nitrogen and oxygen atoms in total. The van der Waals surface area contributed by atoms with Crippen LogP contribution in [0.25, 0.3) is 0 Å². The Bertz CT molecular complexity index is 686. The molecule has 2 rings (SSSR count). The first kappa shape index (κ1) is 19.1. The van der Waals surface area contributed by atoms with Crippen molar-refractivity contribution in [3.63, 3.8) is 0 Å². The van der Waals surface area contributed by atoms with E-state index in [9.17, 15) is 19.8 Å². The van der Waals surface area contributed by atoms with E-state index in [1.54, 1.807) is 6.92 Å². The van der Waals surface area contributed by atoms with Gasteiger partial charge in [0.1, 0.15) is 11.5 Å². The predicted octanol–water partition coefficient (Wildman–Crippen LogP) is 0.0821. The molecule has 1 saturated heterocycles. The van der Waals surface area contributed by atoms with Gasteiger partial charge >= 0.3 is 5.69 Å². The molecule has 1 aromatic rings. The van der Waals surface area contributed by atoms with E-state index in [1.165, 1.54) is 10.8 Å². The van der Waals surface area contributed by atoms with Crippen LogP contribution in [0.1, 0.15) is 31.7 Å². The summed E-state index contributed by atoms with van der Waals surface area (Å²) in [6.45, 7) is 7.51. The maximum Gasteiger partial charge on any atom is 0.330 e. The molecular formula is C16H28N2O5Si. The number of H-pyrrole nitrogens is 1. The average Bonchev–Trinajstić information content (AvgIpc) is 2.82. The van der Waals surface area contributed by atoms with Crippen LogP contribution in [0, 0.1) is 12.8 Å². The number of unbranched alkanes of at least 4 members (excludes halogenated alkanes) is 1. The van der Waals surface area contributed by atoms with E-state index in [0.717, 1.165) is 12.8 Å². The lowest BCUT2D eigenvalue weighted by molar-refractivity contribution is -0.0809. The Labute approximate surface area is 142 Å². The minimum absolute atomic E-state index is 0.288. The Morgan fingerprint density at radius 2 is 2.08 bits per heavy atom. The Hall–Kier alpha value is -1.22. The van der Waals surface area contributed by atoms with E-state index in [1.807, 2.05) is 0 Å². The molecule has 2 heterocycles. The van der Waals surface area contributed by atoms with Crippen molar-refractivity contribution in [2.24, 2.45) is 5.92 Å². The van der Waals surface area contributed by atoms with Crippen molar-refractivity contribution >= 4 is 8.80 Å². The molecule has 4 atom stereocenters. The monoisotopic (exact) mass is 356 g/mol. The quantitative estimate of drug-likeness (QED) is 0.626. The fraction of sp³-hybridized carbons (Fsp3) is 0.750. The van der Waals surface area contributed by atoms with Crippen LogP contribution in [0.4, 0.5) is 0 Å². The van der Waals surface area contributed by atoms with Gasteiger partial charge in [0, 0.05) is 17.7 Å². The first-order chi connectivity index (χ1) is 11.3. The third kappa shape index (κ3) is 3.03. The molecule has 8 heteroatoms. The van der Waals surface area contributed by atoms with Gasteiger partial charge in [-0.3, -0.25) is 14.3 Å². The molecule has 1 unspecified atom stereocenters. The third-order valence-corrected chi connectivity index (χ3v) is 7.53. The van der Waals surface area contributed by atoms with Crippen LogP contribution < -0.4 is 11.2 Å². The predicted molar refractivity (Wildman–Crippen MR) is 93.9 cm³/mol. The zero-order valence-electron chi connectivity index (χ0n) is 14.8. The highest BCUT2D eigenvalue weighted by Crippen LogP contribution is 2.44. The number of hydrogen-bond donors (Lipinski definition) is 3. The molecule has 3 N–H and O–H groups in total. The van der Waals surface area contributed by atoms with Crippen molar-refractivity contribution in [1.29, 1.82) is 0 Å². The number of ether oxygens (including phenoxy) is 1. The van der Waals surface area contributed by atoms with Crippen LogP contribution in [0.5, 0.6) is 0 Å². The number of aliphatic hydroxyl groups is 2. The van der Waals surface area contributed by atoms with Crippen molar-refractivity contribution < 1.29 is 14.9 Å². The van der Waals surface area contributed by atoms with Gasteiger partial charge in [0.2, 0.25) is 0 Å². The van der Waals surface area contributed by atoms with Crippen LogP contribution in [0.15, 0.2) is 15.8 Å². The number of nitrogens with zero attached hydrogens (tertiary/aromatic N) is 1. The summed E-state index contributed by atoms with van der Waals surface area (Å²) in [7, 11) is -1.69. The van der Waals surface area contributed by atoms with Gasteiger partial charge in [0.15, 0.2) is 0 Å². The second kappa shape index (κ2) is 7.34. The summed E-state index contributed by atoms with van der Waals surface area (Å²) < 4.78 is 7.60. The van der Waals surface area contributed by atoms with Crippen molar-refractivity contribution in [1.82, 2.24) is 9.55 Å². The van der Waals surface area contributed by atoms with Gasteiger partial charge in [-0.1, -0.05) is 32.9 Å². The highest BCUT2D eigenvalue weighted by molar-refractivity contribution is 6.58. The van der Waals surface area contributed by atoms with Crippen LogP contribution >= 0.6 is 0 Å². The molecule has 0 radical (unpaired) electrons. The van der Waals surface area contributed by atoms with Gasteiger partial charge in [-0.25, -0.2) is 4.79 Å². The molecule has 1 aliphatic heterocycles. The maximum absolute atomic E-state index is 12.5. The van der Waals surface area contributed by atoms with Crippen molar-refractivity contribution in [2.75, 3.05) is 6.61 Å². The van der Waals surface area contributed by atoms with Crippen LogP contribution in [0.2, 0.25) is 13.1 Å². The molecule has 136 valence electrons. The van der Waals surface area contributed by atoms with E-state index in [0.29, 0.717) is 12.0 Å². The average molecular weight is 356 g/mol. The van der Waals surface area contributed by atoms with Crippen LogP contribution in [-0.2, 0) is 10.1 Å². The number of nitrogens with one attached hydrogen (secondary N) is 1. The molecule has 1 aliphatic rings. The second-order valence-corrected chi connectivity index (χ2v) is 10.1. The van der Waals surface area contributed by atoms with Gasteiger partial charge < -0.3 is 14.9 Å². The standard InChI is InChI=1S/C16H28N2O5Si/c1-5-6-7-11-13(20)12(9-19)23-16(11,24(3)4)18-8-10(2)14(21)17-15(18)22/h8,11-13,19-20,24H,5-7,9H2,1-4H3,(H,17,21,22)/t11?,12-,13+,16+/m1/s1. The van der Waals surface area contributed by atoms with Gasteiger partial charge in [0.05, 0.1) is 21.5 Å². The Kier molecular flexibility index (Phi) is 5.85. The number of hydrogen-bond acceptors (Lipinski definition) is 5. The first-order valence-electron chi connectivity index (χ1n) is 8.59. The van der Waals surface area contributed by atoms with Gasteiger partial charge in [-0.2, -0.15) is 0 Å². The fourth-order valence-electron chi connectivity index (χ4n) is 3.75. The van der Waals surface area contributed by atoms with Gasteiger partial charge in [-0.15, -0.1) is 0 Å². The zero-order valence-corrected chi connectivity index (χ0v) is 15.9. The highest BCUT2D eigenvalue weighted by atomic mass is 28.3. The molecule has 1 aromatic heterocycles. The number of aromatic amines is 1. The van der Waals surface area contributed by atoms with Crippen molar-refractivity contribution in [2.45, 2.75) is 63.8 Å². The SMILES string of the molecule is CCCCC1[C@H](O)[C@@H](CO)O[C@]1(n1cc(C)c(=O)[nH]c1=O)[SiH](C)C. The Balaban J connectivity index is 2.66. The third-order valence-electron chi connectivity index (χ3n) is 5.04. The number of aliphatic hydroxyl groups excluding tert-OH is 2. The minimum atomic E-state index is -1.69. The van der Waals surface area contributed by atoms with E-state index < -0.39 is 37.6 Å². The highest BCUT2D eigenvalue weighted by Gasteiger charge is 2.57. The van der Waals surface area contributed by atoms with E-state index in [2.05, 4.69) is 25.0 Å². The Morgan fingerprint density at radius 3 is 2.62 bits per heavy atom. The number of aromatic nitrogens is 2.